The van der Waals surface area contributed by atoms with Crippen LogP contribution >= 0.6 is 0 Å². The fraction of sp³-hybridized carbons (Fsp3) is 0.357. The molecule has 20 heavy (non-hydrogen) atoms. The van der Waals surface area contributed by atoms with E-state index in [1.807, 2.05) is 6.92 Å². The number of benzene rings is 1. The zero-order valence-corrected chi connectivity index (χ0v) is 12.5. The van der Waals surface area contributed by atoms with E-state index in [4.69, 9.17) is 5.73 Å². The maximum Gasteiger partial charge on any atom is 0.237 e. The van der Waals surface area contributed by atoms with Crippen molar-refractivity contribution in [1.29, 1.82) is 0 Å². The second kappa shape index (κ2) is 6.67. The van der Waals surface area contributed by atoms with Crippen molar-refractivity contribution in [1.82, 2.24) is 5.32 Å². The van der Waals surface area contributed by atoms with Gasteiger partial charge in [-0.3, -0.25) is 4.79 Å². The number of carbonyl (C=O) groups excluding carboxylic acids is 1. The van der Waals surface area contributed by atoms with Crippen molar-refractivity contribution in [2.45, 2.75) is 30.3 Å². The third kappa shape index (κ3) is 4.47. The average molecular weight is 296 g/mol. The zero-order valence-electron chi connectivity index (χ0n) is 11.7. The van der Waals surface area contributed by atoms with Crippen LogP contribution in [0.2, 0.25) is 0 Å². The summed E-state index contributed by atoms with van der Waals surface area (Å²) in [6, 6.07) is 5.55. The third-order valence-electron chi connectivity index (χ3n) is 2.92. The minimum atomic E-state index is -3.21. The normalized spacial score (nSPS) is 14.3. The van der Waals surface area contributed by atoms with Gasteiger partial charge in [-0.2, -0.15) is 0 Å². The molecule has 0 radical (unpaired) electrons. The largest absolute Gasteiger partial charge is 0.348 e. The van der Waals surface area contributed by atoms with E-state index < -0.39 is 15.9 Å². The van der Waals surface area contributed by atoms with Gasteiger partial charge in [-0.1, -0.05) is 18.2 Å². The Labute approximate surface area is 119 Å². The van der Waals surface area contributed by atoms with Gasteiger partial charge in [0.1, 0.15) is 0 Å². The van der Waals surface area contributed by atoms with Gasteiger partial charge < -0.3 is 11.1 Å². The van der Waals surface area contributed by atoms with Crippen molar-refractivity contribution >= 4 is 15.7 Å². The zero-order chi connectivity index (χ0) is 15.3. The summed E-state index contributed by atoms with van der Waals surface area (Å²) in [6.07, 6.45) is 3.16. The summed E-state index contributed by atoms with van der Waals surface area (Å²) >= 11 is 0. The van der Waals surface area contributed by atoms with Crippen LogP contribution in [0.1, 0.15) is 24.9 Å². The highest BCUT2D eigenvalue weighted by Crippen LogP contribution is 2.16. The minimum absolute atomic E-state index is 0.244. The van der Waals surface area contributed by atoms with Crippen molar-refractivity contribution in [2.24, 2.45) is 5.73 Å². The Hall–Kier alpha value is -1.66. The van der Waals surface area contributed by atoms with Crippen LogP contribution < -0.4 is 11.1 Å². The molecular weight excluding hydrogens is 276 g/mol. The Bertz CT molecular complexity index is 579. The van der Waals surface area contributed by atoms with Gasteiger partial charge in [-0.25, -0.2) is 8.42 Å². The molecule has 0 heterocycles. The molecule has 0 aliphatic carbocycles. The molecule has 0 saturated heterocycles. The van der Waals surface area contributed by atoms with E-state index in [0.29, 0.717) is 6.42 Å². The van der Waals surface area contributed by atoms with E-state index in [0.717, 1.165) is 11.8 Å². The first kappa shape index (κ1) is 16.4. The Morgan fingerprint density at radius 2 is 1.95 bits per heavy atom. The topological polar surface area (TPSA) is 89.3 Å². The monoisotopic (exact) mass is 296 g/mol. The third-order valence-corrected chi connectivity index (χ3v) is 4.05. The molecule has 5 nitrogen and oxygen atoms in total. The molecule has 3 N–H and O–H groups in total. The highest BCUT2D eigenvalue weighted by molar-refractivity contribution is 7.90. The van der Waals surface area contributed by atoms with Crippen molar-refractivity contribution < 1.29 is 13.2 Å². The van der Waals surface area contributed by atoms with Crippen LogP contribution in [-0.2, 0) is 14.6 Å². The van der Waals surface area contributed by atoms with E-state index in [1.54, 1.807) is 18.2 Å². The summed E-state index contributed by atoms with van der Waals surface area (Å²) in [5, 5.41) is 2.78. The number of hydrogen-bond donors (Lipinski definition) is 2. The lowest BCUT2D eigenvalue weighted by molar-refractivity contribution is -0.122. The Morgan fingerprint density at radius 3 is 2.40 bits per heavy atom. The fourth-order valence-electron chi connectivity index (χ4n) is 1.69. The summed E-state index contributed by atoms with van der Waals surface area (Å²) in [6.45, 7) is 5.35. The maximum absolute atomic E-state index is 11.8. The predicted octanol–water partition coefficient (Wildman–Crippen LogP) is 1.17. The molecule has 110 valence electrons. The summed E-state index contributed by atoms with van der Waals surface area (Å²) in [5.41, 5.74) is 6.49. The molecule has 0 bridgehead atoms. The first-order valence-electron chi connectivity index (χ1n) is 6.22. The highest BCUT2D eigenvalue weighted by Gasteiger charge is 2.16. The van der Waals surface area contributed by atoms with Gasteiger partial charge in [0.05, 0.1) is 17.0 Å². The van der Waals surface area contributed by atoms with Gasteiger partial charge in [0.15, 0.2) is 9.84 Å². The number of rotatable bonds is 6. The summed E-state index contributed by atoms with van der Waals surface area (Å²) in [7, 11) is -3.21. The van der Waals surface area contributed by atoms with Gasteiger partial charge in [0, 0.05) is 6.26 Å². The molecular formula is C14H20N2O3S. The quantitative estimate of drug-likeness (QED) is 0.771. The van der Waals surface area contributed by atoms with Crippen LogP contribution in [0.3, 0.4) is 0 Å². The van der Waals surface area contributed by atoms with Crippen molar-refractivity contribution in [3.63, 3.8) is 0 Å². The van der Waals surface area contributed by atoms with Crippen LogP contribution in [0.25, 0.3) is 0 Å². The van der Waals surface area contributed by atoms with E-state index in [-0.39, 0.29) is 16.8 Å². The summed E-state index contributed by atoms with van der Waals surface area (Å²) < 4.78 is 22.7. The van der Waals surface area contributed by atoms with Gasteiger partial charge in [-0.15, -0.1) is 6.58 Å². The lowest BCUT2D eigenvalue weighted by Crippen LogP contribution is -2.41. The number of carbonyl (C=O) groups is 1. The Kier molecular flexibility index (Phi) is 5.47. The highest BCUT2D eigenvalue weighted by atomic mass is 32.2. The number of sulfone groups is 1. The number of nitrogens with one attached hydrogen (secondary N) is 1. The molecule has 0 aliphatic heterocycles. The van der Waals surface area contributed by atoms with Crippen LogP contribution in [-0.4, -0.2) is 26.6 Å². The van der Waals surface area contributed by atoms with E-state index >= 15 is 0 Å². The lowest BCUT2D eigenvalue weighted by Gasteiger charge is -2.17. The molecule has 0 aromatic heterocycles. The molecule has 1 amide bonds. The Balaban J connectivity index is 2.76. The predicted molar refractivity (Wildman–Crippen MR) is 78.9 cm³/mol. The molecule has 2 atom stereocenters. The van der Waals surface area contributed by atoms with Crippen LogP contribution in [0.4, 0.5) is 0 Å². The fourth-order valence-corrected chi connectivity index (χ4v) is 2.32. The first-order valence-corrected chi connectivity index (χ1v) is 8.11. The molecule has 6 heteroatoms. The van der Waals surface area contributed by atoms with E-state index in [2.05, 4.69) is 11.9 Å². The van der Waals surface area contributed by atoms with E-state index in [9.17, 15) is 13.2 Å². The molecule has 1 aromatic rings. The molecule has 2 unspecified atom stereocenters. The van der Waals surface area contributed by atoms with Gasteiger partial charge in [-0.05, 0) is 31.0 Å². The van der Waals surface area contributed by atoms with E-state index in [1.165, 1.54) is 12.1 Å². The molecule has 0 spiro atoms. The molecule has 0 fully saturated rings. The standard InChI is InChI=1S/C14H20N2O3S/c1-4-5-13(15)14(17)16-10(2)11-6-8-12(9-7-11)20(3,18)19/h4,6-10,13H,1,5,15H2,2-3H3,(H,16,17). The number of amides is 1. The van der Waals surface area contributed by atoms with Gasteiger partial charge in [0.2, 0.25) is 5.91 Å². The molecule has 0 aliphatic rings. The number of nitrogens with two attached hydrogens (primary N) is 1. The summed E-state index contributed by atoms with van der Waals surface area (Å²) in [4.78, 5) is 12.0. The second-order valence-corrected chi connectivity index (χ2v) is 6.72. The lowest BCUT2D eigenvalue weighted by atomic mass is 10.1. The second-order valence-electron chi connectivity index (χ2n) is 4.70. The minimum Gasteiger partial charge on any atom is -0.348 e. The van der Waals surface area contributed by atoms with Crippen LogP contribution in [0.15, 0.2) is 41.8 Å². The first-order chi connectivity index (χ1) is 9.25. The Morgan fingerprint density at radius 1 is 1.40 bits per heavy atom. The SMILES string of the molecule is C=CCC(N)C(=O)NC(C)c1ccc(S(C)(=O)=O)cc1. The number of hydrogen-bond acceptors (Lipinski definition) is 4. The maximum atomic E-state index is 11.8. The smallest absolute Gasteiger partial charge is 0.237 e. The molecule has 1 rings (SSSR count). The molecule has 0 saturated carbocycles. The molecule has 1 aromatic carbocycles. The van der Waals surface area contributed by atoms with Gasteiger partial charge >= 0.3 is 0 Å². The van der Waals surface area contributed by atoms with Crippen LogP contribution in [0.5, 0.6) is 0 Å². The van der Waals surface area contributed by atoms with Crippen molar-refractivity contribution in [3.8, 4) is 0 Å². The van der Waals surface area contributed by atoms with Crippen LogP contribution in [0, 0.1) is 0 Å². The van der Waals surface area contributed by atoms with Crippen molar-refractivity contribution in [2.75, 3.05) is 6.26 Å². The summed E-state index contributed by atoms with van der Waals surface area (Å²) in [5.74, 6) is -0.260. The van der Waals surface area contributed by atoms with Crippen molar-refractivity contribution in [3.05, 3.63) is 42.5 Å². The van der Waals surface area contributed by atoms with Gasteiger partial charge in [0.25, 0.3) is 0 Å². The average Bonchev–Trinajstić information content (AvgIpc) is 2.38.